The van der Waals surface area contributed by atoms with Crippen LogP contribution in [-0.4, -0.2) is 17.3 Å². The number of aliphatic hydroxyl groups excluding tert-OH is 1. The molecule has 20 heavy (non-hydrogen) atoms. The van der Waals surface area contributed by atoms with E-state index in [1.807, 2.05) is 13.0 Å². The van der Waals surface area contributed by atoms with Crippen LogP contribution < -0.4 is 5.73 Å². The smallest absolute Gasteiger partial charge is 0.0869 e. The number of hydrogen-bond acceptors (Lipinski definition) is 2. The predicted octanol–water partition coefficient (Wildman–Crippen LogP) is 4.95. The van der Waals surface area contributed by atoms with Crippen LogP contribution in [0.1, 0.15) is 90.9 Å². The molecule has 0 heterocycles. The van der Waals surface area contributed by atoms with Crippen LogP contribution >= 0.6 is 0 Å². The molecule has 3 N–H and O–H groups in total. The van der Waals surface area contributed by atoms with E-state index in [4.69, 9.17) is 5.73 Å². The molecule has 0 aliphatic heterocycles. The summed E-state index contributed by atoms with van der Waals surface area (Å²) in [4.78, 5) is 0. The fourth-order valence-electron chi connectivity index (χ4n) is 2.34. The molecule has 0 saturated heterocycles. The molecule has 0 amide bonds. The van der Waals surface area contributed by atoms with Crippen LogP contribution in [0.25, 0.3) is 0 Å². The normalized spacial score (nSPS) is 14.8. The van der Waals surface area contributed by atoms with Crippen molar-refractivity contribution in [3.63, 3.8) is 0 Å². The van der Waals surface area contributed by atoms with Gasteiger partial charge in [-0.1, -0.05) is 83.3 Å². The maximum Gasteiger partial charge on any atom is 0.0869 e. The zero-order valence-corrected chi connectivity index (χ0v) is 13.8. The maximum absolute atomic E-state index is 9.49. The highest BCUT2D eigenvalue weighted by atomic mass is 16.3. The molecule has 0 aromatic carbocycles. The molecule has 0 saturated carbocycles. The van der Waals surface area contributed by atoms with Crippen molar-refractivity contribution < 1.29 is 5.11 Å². The summed E-state index contributed by atoms with van der Waals surface area (Å²) in [6.45, 7) is 4.10. The van der Waals surface area contributed by atoms with E-state index >= 15 is 0 Å². The van der Waals surface area contributed by atoms with E-state index in [1.165, 1.54) is 70.6 Å². The largest absolute Gasteiger partial charge is 0.387 e. The van der Waals surface area contributed by atoms with Gasteiger partial charge in [-0.2, -0.15) is 0 Å². The van der Waals surface area contributed by atoms with Crippen molar-refractivity contribution in [2.75, 3.05) is 0 Å². The molecule has 0 bridgehead atoms. The average molecular weight is 284 g/mol. The summed E-state index contributed by atoms with van der Waals surface area (Å²) in [5.74, 6) is 0. The zero-order chi connectivity index (χ0) is 15.1. The lowest BCUT2D eigenvalue weighted by Crippen LogP contribution is -2.29. The van der Waals surface area contributed by atoms with Crippen molar-refractivity contribution in [2.45, 2.75) is 103 Å². The van der Waals surface area contributed by atoms with Gasteiger partial charge in [-0.3, -0.25) is 0 Å². The Balaban J connectivity index is 3.13. The lowest BCUT2D eigenvalue weighted by molar-refractivity contribution is 0.198. The molecule has 0 spiro atoms. The number of rotatable bonds is 14. The van der Waals surface area contributed by atoms with Crippen LogP contribution in [0.3, 0.4) is 0 Å². The van der Waals surface area contributed by atoms with E-state index in [9.17, 15) is 5.11 Å². The minimum Gasteiger partial charge on any atom is -0.387 e. The van der Waals surface area contributed by atoms with Crippen molar-refractivity contribution >= 4 is 0 Å². The van der Waals surface area contributed by atoms with Gasteiger partial charge < -0.3 is 10.8 Å². The van der Waals surface area contributed by atoms with Gasteiger partial charge in [0.2, 0.25) is 0 Å². The Hall–Kier alpha value is -0.340. The van der Waals surface area contributed by atoms with Crippen molar-refractivity contribution in [1.29, 1.82) is 0 Å². The highest BCUT2D eigenvalue weighted by Crippen LogP contribution is 2.12. The molecule has 0 fully saturated rings. The molecule has 0 aromatic heterocycles. The molecule has 2 nitrogen and oxygen atoms in total. The lowest BCUT2D eigenvalue weighted by atomic mass is 10.0. The molecule has 120 valence electrons. The van der Waals surface area contributed by atoms with Gasteiger partial charge in [0.1, 0.15) is 0 Å². The standard InChI is InChI=1S/C18H37NO/c1-3-4-5-6-7-8-9-10-11-12-13-14-15-16-18(20)17(2)19/h15-18,20H,3-14,19H2,1-2H3/t17-,18+/m1/s1. The molecule has 0 aliphatic rings. The summed E-state index contributed by atoms with van der Waals surface area (Å²) < 4.78 is 0. The fourth-order valence-corrected chi connectivity index (χ4v) is 2.34. The maximum atomic E-state index is 9.49. The summed E-state index contributed by atoms with van der Waals surface area (Å²) in [6, 6.07) is -0.163. The van der Waals surface area contributed by atoms with Crippen LogP contribution in [0.15, 0.2) is 12.2 Å². The molecule has 0 rings (SSSR count). The van der Waals surface area contributed by atoms with Crippen molar-refractivity contribution in [3.8, 4) is 0 Å². The summed E-state index contributed by atoms with van der Waals surface area (Å²) in [7, 11) is 0. The highest BCUT2D eigenvalue weighted by Gasteiger charge is 2.03. The monoisotopic (exact) mass is 283 g/mol. The molecule has 2 heteroatoms. The van der Waals surface area contributed by atoms with E-state index in [2.05, 4.69) is 13.0 Å². The van der Waals surface area contributed by atoms with Crippen LogP contribution in [0.4, 0.5) is 0 Å². The second kappa shape index (κ2) is 15.1. The zero-order valence-electron chi connectivity index (χ0n) is 13.8. The molecule has 0 aliphatic carbocycles. The Bertz CT molecular complexity index is 213. The summed E-state index contributed by atoms with van der Waals surface area (Å²) in [5, 5.41) is 9.49. The van der Waals surface area contributed by atoms with Crippen LogP contribution in [-0.2, 0) is 0 Å². The van der Waals surface area contributed by atoms with Gasteiger partial charge in [0.15, 0.2) is 0 Å². The fraction of sp³-hybridized carbons (Fsp3) is 0.889. The first-order valence-corrected chi connectivity index (χ1v) is 8.78. The minimum atomic E-state index is -0.484. The van der Waals surface area contributed by atoms with E-state index in [-0.39, 0.29) is 6.04 Å². The first-order chi connectivity index (χ1) is 9.68. The van der Waals surface area contributed by atoms with Crippen molar-refractivity contribution in [1.82, 2.24) is 0 Å². The molecule has 0 unspecified atom stereocenters. The second-order valence-corrected chi connectivity index (χ2v) is 6.10. The Morgan fingerprint density at radius 2 is 1.30 bits per heavy atom. The van der Waals surface area contributed by atoms with Gasteiger partial charge in [-0.05, 0) is 19.8 Å². The van der Waals surface area contributed by atoms with Crippen LogP contribution in [0, 0.1) is 0 Å². The van der Waals surface area contributed by atoms with Gasteiger partial charge in [0.25, 0.3) is 0 Å². The summed E-state index contributed by atoms with van der Waals surface area (Å²) >= 11 is 0. The van der Waals surface area contributed by atoms with E-state index in [0.717, 1.165) is 6.42 Å². The average Bonchev–Trinajstić information content (AvgIpc) is 2.43. The summed E-state index contributed by atoms with van der Waals surface area (Å²) in [6.07, 6.45) is 19.7. The highest BCUT2D eigenvalue weighted by molar-refractivity contribution is 4.92. The van der Waals surface area contributed by atoms with Crippen LogP contribution in [0.2, 0.25) is 0 Å². The number of nitrogens with two attached hydrogens (primary N) is 1. The molecule has 0 radical (unpaired) electrons. The number of aliphatic hydroxyl groups is 1. The Kier molecular flexibility index (Phi) is 14.8. The number of hydrogen-bond donors (Lipinski definition) is 2. The van der Waals surface area contributed by atoms with E-state index < -0.39 is 6.10 Å². The van der Waals surface area contributed by atoms with Crippen LogP contribution in [0.5, 0.6) is 0 Å². The molecule has 0 aromatic rings. The molecular formula is C18H37NO. The third-order valence-electron chi connectivity index (χ3n) is 3.85. The van der Waals surface area contributed by atoms with Gasteiger partial charge in [-0.15, -0.1) is 0 Å². The van der Waals surface area contributed by atoms with E-state index in [1.54, 1.807) is 0 Å². The Morgan fingerprint density at radius 1 is 0.850 bits per heavy atom. The summed E-state index contributed by atoms with van der Waals surface area (Å²) in [5.41, 5.74) is 5.58. The topological polar surface area (TPSA) is 46.2 Å². The van der Waals surface area contributed by atoms with Crippen molar-refractivity contribution in [2.24, 2.45) is 5.73 Å². The number of allylic oxidation sites excluding steroid dienone is 1. The van der Waals surface area contributed by atoms with Crippen molar-refractivity contribution in [3.05, 3.63) is 12.2 Å². The van der Waals surface area contributed by atoms with Gasteiger partial charge in [0, 0.05) is 6.04 Å². The molecular weight excluding hydrogens is 246 g/mol. The second-order valence-electron chi connectivity index (χ2n) is 6.10. The SMILES string of the molecule is CCCCCCCCCCCCCC=C[C@H](O)[C@@H](C)N. The predicted molar refractivity (Wildman–Crippen MR) is 89.9 cm³/mol. The minimum absolute atomic E-state index is 0.163. The quantitative estimate of drug-likeness (QED) is 0.350. The number of unbranched alkanes of at least 4 members (excludes halogenated alkanes) is 11. The third-order valence-corrected chi connectivity index (χ3v) is 3.85. The third kappa shape index (κ3) is 14.1. The Labute approximate surface area is 126 Å². The Morgan fingerprint density at radius 3 is 1.75 bits per heavy atom. The first kappa shape index (κ1) is 19.7. The van der Waals surface area contributed by atoms with Gasteiger partial charge >= 0.3 is 0 Å². The van der Waals surface area contributed by atoms with E-state index in [0.29, 0.717) is 0 Å². The van der Waals surface area contributed by atoms with Gasteiger partial charge in [-0.25, -0.2) is 0 Å². The van der Waals surface area contributed by atoms with Gasteiger partial charge in [0.05, 0.1) is 6.10 Å². The lowest BCUT2D eigenvalue weighted by Gasteiger charge is -2.08. The molecule has 2 atom stereocenters. The first-order valence-electron chi connectivity index (χ1n) is 8.78.